The van der Waals surface area contributed by atoms with Crippen LogP contribution in [-0.2, 0) is 6.18 Å². The molecule has 0 bridgehead atoms. The van der Waals surface area contributed by atoms with Crippen molar-refractivity contribution in [3.05, 3.63) is 35.9 Å². The van der Waals surface area contributed by atoms with E-state index in [0.717, 1.165) is 12.1 Å². The van der Waals surface area contributed by atoms with Crippen molar-refractivity contribution in [1.82, 2.24) is 0 Å². The van der Waals surface area contributed by atoms with E-state index in [9.17, 15) is 65.0 Å². The zero-order chi connectivity index (χ0) is 21.1. The van der Waals surface area contributed by atoms with Gasteiger partial charge in [0.05, 0.1) is 5.56 Å². The predicted octanol–water partition coefficient (Wildman–Crippen LogP) is 5.96. The summed E-state index contributed by atoms with van der Waals surface area (Å²) in [7, 11) is -18.0. The molecule has 0 aliphatic heterocycles. The molecule has 0 spiro atoms. The Bertz CT molecular complexity index is 389. The second kappa shape index (κ2) is 13.2. The van der Waals surface area contributed by atoms with E-state index in [-0.39, 0.29) is 18.9 Å². The van der Waals surface area contributed by atoms with Crippen LogP contribution in [0.1, 0.15) is 5.56 Å². The SMILES string of the molecule is FC(F)(F)c1ccccc1.F[B-](F)(F)F.F[B-](F)(F)F.F[B-](F)(F)F.[LiH]. The molecule has 0 unspecified atom stereocenters. The molecule has 0 aromatic heterocycles. The van der Waals surface area contributed by atoms with E-state index in [2.05, 4.69) is 0 Å². The number of rotatable bonds is 0. The van der Waals surface area contributed by atoms with Gasteiger partial charge in [-0.3, -0.25) is 0 Å². The third kappa shape index (κ3) is 65.9. The van der Waals surface area contributed by atoms with Crippen molar-refractivity contribution in [3.63, 3.8) is 0 Å². The van der Waals surface area contributed by atoms with Crippen molar-refractivity contribution in [1.29, 1.82) is 0 Å². The van der Waals surface area contributed by atoms with Gasteiger partial charge >= 0.3 is 46.8 Å². The van der Waals surface area contributed by atoms with Crippen molar-refractivity contribution < 1.29 is 65.0 Å². The average molecular weight is 414 g/mol. The molecule has 152 valence electrons. The molecule has 1 aromatic carbocycles. The van der Waals surface area contributed by atoms with Crippen molar-refractivity contribution >= 4 is 40.6 Å². The van der Waals surface area contributed by atoms with Gasteiger partial charge in [-0.15, -0.1) is 0 Å². The van der Waals surface area contributed by atoms with E-state index in [4.69, 9.17) is 0 Å². The first kappa shape index (κ1) is 32.6. The Balaban J connectivity index is -0.000000132. The number of hydrogen-bond acceptors (Lipinski definition) is 0. The minimum atomic E-state index is -6.00. The Morgan fingerprint density at radius 1 is 0.500 bits per heavy atom. The van der Waals surface area contributed by atoms with Gasteiger partial charge < -0.3 is 51.8 Å². The van der Waals surface area contributed by atoms with E-state index in [1.807, 2.05) is 0 Å². The maximum atomic E-state index is 11.8. The monoisotopic (exact) mass is 415 g/mol. The van der Waals surface area contributed by atoms with Crippen LogP contribution in [0.25, 0.3) is 0 Å². The van der Waals surface area contributed by atoms with Gasteiger partial charge in [-0.05, 0) is 0 Å². The summed E-state index contributed by atoms with van der Waals surface area (Å²) in [5.74, 6) is 0. The fourth-order valence-electron chi connectivity index (χ4n) is 0.627. The van der Waals surface area contributed by atoms with Crippen molar-refractivity contribution in [2.24, 2.45) is 0 Å². The summed E-state index contributed by atoms with van der Waals surface area (Å²) in [5, 5.41) is 0. The average Bonchev–Trinajstić information content (AvgIpc) is 2.22. The maximum absolute atomic E-state index is 11.8. The van der Waals surface area contributed by atoms with Crippen molar-refractivity contribution in [3.8, 4) is 0 Å². The van der Waals surface area contributed by atoms with Gasteiger partial charge in [0.1, 0.15) is 0 Å². The van der Waals surface area contributed by atoms with E-state index in [1.165, 1.54) is 12.1 Å². The minimum absolute atomic E-state index is 0. The summed E-state index contributed by atoms with van der Waals surface area (Å²) in [6.45, 7) is 0. The molecular formula is C7H6B3F15Li-3. The van der Waals surface area contributed by atoms with Crippen LogP contribution in [-0.4, -0.2) is 40.6 Å². The third-order valence-corrected chi connectivity index (χ3v) is 1.10. The normalized spacial score (nSPS) is 11.3. The number of alkyl halides is 3. The van der Waals surface area contributed by atoms with Crippen LogP contribution >= 0.6 is 0 Å². The van der Waals surface area contributed by atoms with Crippen molar-refractivity contribution in [2.45, 2.75) is 6.18 Å². The number of halogens is 15. The van der Waals surface area contributed by atoms with Crippen LogP contribution in [0, 0.1) is 0 Å². The van der Waals surface area contributed by atoms with Crippen LogP contribution < -0.4 is 0 Å². The first-order chi connectivity index (χ1) is 10.6. The Morgan fingerprint density at radius 3 is 0.808 bits per heavy atom. The van der Waals surface area contributed by atoms with Gasteiger partial charge in [0.25, 0.3) is 0 Å². The van der Waals surface area contributed by atoms with Crippen LogP contribution in [0.4, 0.5) is 65.0 Å². The number of benzene rings is 1. The van der Waals surface area contributed by atoms with E-state index in [0.29, 0.717) is 0 Å². The predicted molar refractivity (Wildman–Crippen MR) is 69.2 cm³/mol. The molecule has 0 N–H and O–H groups in total. The second-order valence-electron chi connectivity index (χ2n) is 3.35. The quantitative estimate of drug-likeness (QED) is 0.363. The first-order valence-corrected chi connectivity index (χ1v) is 5.35. The Hall–Kier alpha value is -1.04. The van der Waals surface area contributed by atoms with E-state index in [1.54, 1.807) is 6.07 Å². The molecule has 1 rings (SSSR count). The molecule has 0 nitrogen and oxygen atoms in total. The molecular weight excluding hydrogens is 408 g/mol. The fourth-order valence-corrected chi connectivity index (χ4v) is 0.627. The fraction of sp³-hybridized carbons (Fsp3) is 0.143. The van der Waals surface area contributed by atoms with Gasteiger partial charge in [0.2, 0.25) is 0 Å². The van der Waals surface area contributed by atoms with Crippen LogP contribution in [0.3, 0.4) is 0 Å². The van der Waals surface area contributed by atoms with Crippen LogP contribution in [0.5, 0.6) is 0 Å². The molecule has 0 aliphatic carbocycles. The Kier molecular flexibility index (Phi) is 16.5. The van der Waals surface area contributed by atoms with Gasteiger partial charge in [-0.1, -0.05) is 30.3 Å². The zero-order valence-corrected chi connectivity index (χ0v) is 11.3. The third-order valence-electron chi connectivity index (χ3n) is 1.10. The summed E-state index contributed by atoms with van der Waals surface area (Å²) in [4.78, 5) is 0. The van der Waals surface area contributed by atoms with Crippen LogP contribution in [0.2, 0.25) is 0 Å². The Morgan fingerprint density at radius 2 is 0.692 bits per heavy atom. The molecule has 26 heavy (non-hydrogen) atoms. The molecule has 0 heterocycles. The molecule has 0 fully saturated rings. The molecule has 0 saturated heterocycles. The van der Waals surface area contributed by atoms with Gasteiger partial charge in [-0.25, -0.2) is 0 Å². The van der Waals surface area contributed by atoms with E-state index < -0.39 is 33.5 Å². The Labute approximate surface area is 148 Å². The zero-order valence-electron chi connectivity index (χ0n) is 11.3. The van der Waals surface area contributed by atoms with Crippen molar-refractivity contribution in [2.75, 3.05) is 0 Å². The molecule has 0 aliphatic rings. The first-order valence-electron chi connectivity index (χ1n) is 5.35. The standard InChI is InChI=1S/C7H5F3.3BF4.Li.H/c8-7(9,10)6-4-2-1-3-5-6;3*2-1(3,4)5;;/h1-5H;;;;;/q;3*-1;;. The summed E-state index contributed by atoms with van der Waals surface area (Å²) >= 11 is 0. The van der Waals surface area contributed by atoms with E-state index >= 15 is 0 Å². The molecule has 1 aromatic rings. The van der Waals surface area contributed by atoms with Gasteiger partial charge in [0.15, 0.2) is 0 Å². The molecule has 19 heteroatoms. The number of hydrogen-bond donors (Lipinski definition) is 0. The molecule has 0 radical (unpaired) electrons. The molecule has 0 amide bonds. The second-order valence-corrected chi connectivity index (χ2v) is 3.35. The van der Waals surface area contributed by atoms with Gasteiger partial charge in [-0.2, -0.15) is 13.2 Å². The summed E-state index contributed by atoms with van der Waals surface area (Å²) < 4.78 is 152. The molecule has 0 saturated carbocycles. The summed E-state index contributed by atoms with van der Waals surface area (Å²) in [6, 6.07) is 6.36. The topological polar surface area (TPSA) is 0 Å². The summed E-state index contributed by atoms with van der Waals surface area (Å²) in [5.41, 5.74) is -0.602. The summed E-state index contributed by atoms with van der Waals surface area (Å²) in [6.07, 6.45) is -4.21. The van der Waals surface area contributed by atoms with Gasteiger partial charge in [0, 0.05) is 0 Å². The molecule has 0 atom stereocenters. The van der Waals surface area contributed by atoms with Crippen LogP contribution in [0.15, 0.2) is 30.3 Å².